The third-order valence-electron chi connectivity index (χ3n) is 3.97. The van der Waals surface area contributed by atoms with Gasteiger partial charge in [-0.3, -0.25) is 4.79 Å². The van der Waals surface area contributed by atoms with Crippen LogP contribution in [-0.2, 0) is 14.8 Å². The molecule has 3 rings (SSSR count). The number of nitrogens with one attached hydrogen (secondary N) is 1. The number of benzene rings is 2. The van der Waals surface area contributed by atoms with Crippen LogP contribution < -0.4 is 5.32 Å². The van der Waals surface area contributed by atoms with Gasteiger partial charge >= 0.3 is 0 Å². The maximum absolute atomic E-state index is 12.8. The second kappa shape index (κ2) is 6.93. The van der Waals surface area contributed by atoms with E-state index in [1.807, 2.05) is 0 Å². The first-order valence-corrected chi connectivity index (χ1v) is 9.43. The fraction of sp³-hybridized carbons (Fsp3) is 0.235. The minimum atomic E-state index is -3.68. The van der Waals surface area contributed by atoms with Gasteiger partial charge in [0.2, 0.25) is 15.9 Å². The standard InChI is InChI=1S/C17H17ClN2O3S/c18-13-8-10-14(11-9-13)19-17(21)16-7-4-12-20(16)24(22,23)15-5-2-1-3-6-15/h1-3,5-6,8-11,16H,4,7,12H2,(H,19,21). The van der Waals surface area contributed by atoms with E-state index in [0.717, 1.165) is 0 Å². The average Bonchev–Trinajstić information content (AvgIpc) is 3.08. The van der Waals surface area contributed by atoms with E-state index in [4.69, 9.17) is 11.6 Å². The Morgan fingerprint density at radius 1 is 1.08 bits per heavy atom. The average molecular weight is 365 g/mol. The Morgan fingerprint density at radius 2 is 1.75 bits per heavy atom. The van der Waals surface area contributed by atoms with Crippen LogP contribution in [-0.4, -0.2) is 31.2 Å². The van der Waals surface area contributed by atoms with Gasteiger partial charge in [-0.25, -0.2) is 8.42 Å². The molecule has 0 aromatic heterocycles. The molecular formula is C17H17ClN2O3S. The lowest BCUT2D eigenvalue weighted by Gasteiger charge is -2.23. The van der Waals surface area contributed by atoms with E-state index in [1.165, 1.54) is 4.31 Å². The fourth-order valence-corrected chi connectivity index (χ4v) is 4.58. The van der Waals surface area contributed by atoms with Crippen LogP contribution in [0, 0.1) is 0 Å². The van der Waals surface area contributed by atoms with Crippen molar-refractivity contribution in [3.8, 4) is 0 Å². The van der Waals surface area contributed by atoms with Gasteiger partial charge in [0.25, 0.3) is 0 Å². The maximum Gasteiger partial charge on any atom is 0.243 e. The lowest BCUT2D eigenvalue weighted by atomic mass is 10.2. The van der Waals surface area contributed by atoms with Crippen molar-refractivity contribution in [3.05, 3.63) is 59.6 Å². The normalized spacial score (nSPS) is 18.5. The fourth-order valence-electron chi connectivity index (χ4n) is 2.78. The first-order chi connectivity index (χ1) is 11.5. The molecule has 2 aromatic rings. The molecule has 1 N–H and O–H groups in total. The number of nitrogens with zero attached hydrogens (tertiary/aromatic N) is 1. The van der Waals surface area contributed by atoms with E-state index in [0.29, 0.717) is 30.1 Å². The van der Waals surface area contributed by atoms with Gasteiger partial charge in [-0.1, -0.05) is 29.8 Å². The summed E-state index contributed by atoms with van der Waals surface area (Å²) in [6.07, 6.45) is 1.16. The lowest BCUT2D eigenvalue weighted by Crippen LogP contribution is -2.43. The number of hydrogen-bond donors (Lipinski definition) is 1. The highest BCUT2D eigenvalue weighted by atomic mass is 35.5. The van der Waals surface area contributed by atoms with Crippen molar-refractivity contribution in [2.75, 3.05) is 11.9 Å². The second-order valence-electron chi connectivity index (χ2n) is 5.58. The summed E-state index contributed by atoms with van der Waals surface area (Å²) in [5, 5.41) is 3.33. The molecule has 0 spiro atoms. The Hall–Kier alpha value is -1.89. The van der Waals surface area contributed by atoms with Gasteiger partial charge in [0, 0.05) is 17.3 Å². The van der Waals surface area contributed by atoms with Crippen molar-refractivity contribution >= 4 is 33.2 Å². The third-order valence-corrected chi connectivity index (χ3v) is 6.14. The molecule has 1 heterocycles. The molecule has 0 saturated carbocycles. The molecule has 1 amide bonds. The van der Waals surface area contributed by atoms with Gasteiger partial charge in [0.1, 0.15) is 6.04 Å². The van der Waals surface area contributed by atoms with E-state index >= 15 is 0 Å². The van der Waals surface area contributed by atoms with Crippen LogP contribution in [0.2, 0.25) is 5.02 Å². The SMILES string of the molecule is O=C(Nc1ccc(Cl)cc1)C1CCCN1S(=O)(=O)c1ccccc1. The topological polar surface area (TPSA) is 66.5 Å². The van der Waals surface area contributed by atoms with Crippen LogP contribution in [0.1, 0.15) is 12.8 Å². The maximum atomic E-state index is 12.8. The van der Waals surface area contributed by atoms with Crippen LogP contribution in [0.4, 0.5) is 5.69 Å². The van der Waals surface area contributed by atoms with Crippen LogP contribution in [0.3, 0.4) is 0 Å². The molecule has 1 aliphatic heterocycles. The monoisotopic (exact) mass is 364 g/mol. The summed E-state index contributed by atoms with van der Waals surface area (Å²) in [5.74, 6) is -0.325. The van der Waals surface area contributed by atoms with Crippen molar-refractivity contribution < 1.29 is 13.2 Å². The summed E-state index contributed by atoms with van der Waals surface area (Å²) in [5.41, 5.74) is 0.591. The Morgan fingerprint density at radius 3 is 2.42 bits per heavy atom. The number of carbonyl (C=O) groups excluding carboxylic acids is 1. The summed E-state index contributed by atoms with van der Waals surface area (Å²) < 4.78 is 26.8. The van der Waals surface area contributed by atoms with Crippen LogP contribution in [0.25, 0.3) is 0 Å². The minimum absolute atomic E-state index is 0.205. The van der Waals surface area contributed by atoms with Gasteiger partial charge in [-0.05, 0) is 49.2 Å². The number of hydrogen-bond acceptors (Lipinski definition) is 3. The predicted octanol–water partition coefficient (Wildman–Crippen LogP) is 3.13. The van der Waals surface area contributed by atoms with Crippen LogP contribution >= 0.6 is 11.6 Å². The van der Waals surface area contributed by atoms with Crippen molar-refractivity contribution in [1.29, 1.82) is 0 Å². The molecule has 24 heavy (non-hydrogen) atoms. The highest BCUT2D eigenvalue weighted by molar-refractivity contribution is 7.89. The van der Waals surface area contributed by atoms with Crippen molar-refractivity contribution in [3.63, 3.8) is 0 Å². The van der Waals surface area contributed by atoms with Crippen LogP contribution in [0.15, 0.2) is 59.5 Å². The summed E-state index contributed by atoms with van der Waals surface area (Å²) in [4.78, 5) is 12.7. The van der Waals surface area contributed by atoms with E-state index in [2.05, 4.69) is 5.32 Å². The van der Waals surface area contributed by atoms with Gasteiger partial charge in [-0.2, -0.15) is 4.31 Å². The van der Waals surface area contributed by atoms with Gasteiger partial charge < -0.3 is 5.32 Å². The zero-order valence-electron chi connectivity index (χ0n) is 12.9. The summed E-state index contributed by atoms with van der Waals surface area (Å²) in [7, 11) is -3.68. The highest BCUT2D eigenvalue weighted by Gasteiger charge is 2.39. The number of halogens is 1. The molecule has 0 aliphatic carbocycles. The number of anilines is 1. The Balaban J connectivity index is 1.80. The summed E-state index contributed by atoms with van der Waals surface area (Å²) in [6, 6.07) is 14.2. The highest BCUT2D eigenvalue weighted by Crippen LogP contribution is 2.27. The molecule has 126 valence electrons. The quantitative estimate of drug-likeness (QED) is 0.906. The lowest BCUT2D eigenvalue weighted by molar-refractivity contribution is -0.119. The molecule has 0 bridgehead atoms. The smallest absolute Gasteiger partial charge is 0.243 e. The summed E-state index contributed by atoms with van der Waals surface area (Å²) >= 11 is 5.83. The van der Waals surface area contributed by atoms with Gasteiger partial charge in [-0.15, -0.1) is 0 Å². The molecule has 0 radical (unpaired) electrons. The number of amides is 1. The zero-order chi connectivity index (χ0) is 17.2. The number of carbonyl (C=O) groups is 1. The molecule has 2 aromatic carbocycles. The second-order valence-corrected chi connectivity index (χ2v) is 7.91. The largest absolute Gasteiger partial charge is 0.325 e. The molecule has 1 aliphatic rings. The van der Waals surface area contributed by atoms with Crippen molar-refractivity contribution in [1.82, 2.24) is 4.31 Å². The van der Waals surface area contributed by atoms with E-state index in [1.54, 1.807) is 54.6 Å². The molecule has 1 atom stereocenters. The molecule has 1 saturated heterocycles. The first kappa shape index (κ1) is 17.0. The number of rotatable bonds is 4. The van der Waals surface area contributed by atoms with Crippen molar-refractivity contribution in [2.24, 2.45) is 0 Å². The Labute approximate surface area is 146 Å². The van der Waals surface area contributed by atoms with E-state index < -0.39 is 16.1 Å². The third kappa shape index (κ3) is 3.45. The minimum Gasteiger partial charge on any atom is -0.325 e. The van der Waals surface area contributed by atoms with Crippen molar-refractivity contribution in [2.45, 2.75) is 23.8 Å². The Bertz CT molecular complexity index is 823. The van der Waals surface area contributed by atoms with Gasteiger partial charge in [0.05, 0.1) is 4.90 Å². The van der Waals surface area contributed by atoms with E-state index in [-0.39, 0.29) is 10.8 Å². The predicted molar refractivity (Wildman–Crippen MR) is 93.4 cm³/mol. The molecule has 7 heteroatoms. The van der Waals surface area contributed by atoms with E-state index in [9.17, 15) is 13.2 Å². The Kier molecular flexibility index (Phi) is 4.89. The summed E-state index contributed by atoms with van der Waals surface area (Å²) in [6.45, 7) is 0.343. The molecule has 5 nitrogen and oxygen atoms in total. The molecule has 1 fully saturated rings. The number of sulfonamides is 1. The van der Waals surface area contributed by atoms with Gasteiger partial charge in [0.15, 0.2) is 0 Å². The first-order valence-electron chi connectivity index (χ1n) is 7.62. The molecular weight excluding hydrogens is 348 g/mol. The zero-order valence-corrected chi connectivity index (χ0v) is 14.4. The molecule has 1 unspecified atom stereocenters. The van der Waals surface area contributed by atoms with Crippen LogP contribution in [0.5, 0.6) is 0 Å².